The first kappa shape index (κ1) is 65.7. The van der Waals surface area contributed by atoms with Crippen LogP contribution in [0.15, 0.2) is 48.6 Å². The van der Waals surface area contributed by atoms with Crippen molar-refractivity contribution in [3.05, 3.63) is 48.6 Å². The second-order valence-corrected chi connectivity index (χ2v) is 19.6. The van der Waals surface area contributed by atoms with E-state index in [1.165, 1.54) is 116 Å². The van der Waals surface area contributed by atoms with E-state index in [2.05, 4.69) is 69.4 Å². The van der Waals surface area contributed by atoms with Crippen molar-refractivity contribution in [2.24, 2.45) is 0 Å². The summed E-state index contributed by atoms with van der Waals surface area (Å²) in [6.07, 6.45) is 43.7. The third-order valence-corrected chi connectivity index (χ3v) is 12.9. The lowest BCUT2D eigenvalue weighted by molar-refractivity contribution is -0.301. The highest BCUT2D eigenvalue weighted by Crippen LogP contribution is 2.26. The smallest absolute Gasteiger partial charge is 0.335 e. The minimum Gasteiger partial charge on any atom is -0.479 e. The minimum absolute atomic E-state index is 0.0105. The maximum atomic E-state index is 13.1. The third kappa shape index (κ3) is 38.0. The number of aliphatic carboxylic acids is 1. The van der Waals surface area contributed by atoms with Crippen LogP contribution >= 0.6 is 0 Å². The molecule has 6 unspecified atom stereocenters. The molecule has 0 aliphatic carbocycles. The van der Waals surface area contributed by atoms with Crippen LogP contribution in [0.1, 0.15) is 252 Å². The number of ether oxygens (including phenoxy) is 5. The van der Waals surface area contributed by atoms with Crippen LogP contribution < -0.4 is 0 Å². The molecule has 0 amide bonds. The van der Waals surface area contributed by atoms with Crippen LogP contribution in [-0.4, -0.2) is 89.2 Å². The highest BCUT2D eigenvalue weighted by Gasteiger charge is 2.50. The fourth-order valence-electron chi connectivity index (χ4n) is 8.54. The number of esters is 3. The Morgan fingerprint density at radius 2 is 0.887 bits per heavy atom. The molecule has 3 N–H and O–H groups in total. The molecule has 1 fully saturated rings. The highest BCUT2D eigenvalue weighted by molar-refractivity contribution is 5.74. The van der Waals surface area contributed by atoms with Crippen molar-refractivity contribution in [1.29, 1.82) is 0 Å². The van der Waals surface area contributed by atoms with Gasteiger partial charge in [0.05, 0.1) is 6.61 Å². The molecule has 71 heavy (non-hydrogen) atoms. The van der Waals surface area contributed by atoms with Crippen LogP contribution in [0.25, 0.3) is 0 Å². The normalized spacial score (nSPS) is 18.8. The van der Waals surface area contributed by atoms with Crippen molar-refractivity contribution in [2.75, 3.05) is 13.2 Å². The number of hydrogen-bond acceptors (Lipinski definition) is 11. The number of rotatable bonds is 48. The average Bonchev–Trinajstić information content (AvgIpc) is 3.35. The zero-order chi connectivity index (χ0) is 51.8. The van der Waals surface area contributed by atoms with E-state index in [1.807, 2.05) is 0 Å². The maximum absolute atomic E-state index is 13.1. The van der Waals surface area contributed by atoms with Gasteiger partial charge in [0, 0.05) is 19.3 Å². The van der Waals surface area contributed by atoms with Gasteiger partial charge in [0.25, 0.3) is 0 Å². The molecule has 1 heterocycles. The predicted octanol–water partition coefficient (Wildman–Crippen LogP) is 14.2. The first-order valence-electron chi connectivity index (χ1n) is 28.6. The van der Waals surface area contributed by atoms with Gasteiger partial charge >= 0.3 is 23.9 Å². The SMILES string of the molecule is CC/C=C\C/C=C\C/C=C\C/C=C\CCCCC(=O)OC1C(OCC(COC(=O)CCCCCCCCCCCCCCC)OC(=O)CCCCCCCCCCCCCCC)OC(C(=O)O)C(O)C1O. The second kappa shape index (κ2) is 47.7. The second-order valence-electron chi connectivity index (χ2n) is 19.6. The van der Waals surface area contributed by atoms with E-state index in [4.69, 9.17) is 23.7 Å². The Balaban J connectivity index is 2.72. The van der Waals surface area contributed by atoms with E-state index in [1.54, 1.807) is 0 Å². The van der Waals surface area contributed by atoms with Gasteiger partial charge in [-0.2, -0.15) is 0 Å². The van der Waals surface area contributed by atoms with E-state index in [9.17, 15) is 34.5 Å². The molecule has 0 saturated carbocycles. The number of hydrogen-bond donors (Lipinski definition) is 3. The third-order valence-electron chi connectivity index (χ3n) is 12.9. The van der Waals surface area contributed by atoms with E-state index in [-0.39, 0.29) is 25.9 Å². The summed E-state index contributed by atoms with van der Waals surface area (Å²) in [7, 11) is 0. The standard InChI is InChI=1S/C59H102O12/c1-4-7-10-13-16-19-22-25-26-29-32-35-38-41-44-47-53(62)70-57-55(64)54(63)56(58(65)66)71-59(57)68-49-50(69-52(61)46-43-40-37-34-31-28-24-21-18-15-12-9-6-3)48-67-51(60)45-42-39-36-33-30-27-23-20-17-14-11-8-5-2/h7,10,16,19,25-26,32,35,50,54-57,59,63-64H,4-6,8-9,11-15,17-18,20-24,27-31,33-34,36-49H2,1-3H3,(H,65,66)/b10-7-,19-16-,26-25-,35-32-. The molecule has 1 aliphatic rings. The Hall–Kier alpha value is -3.32. The van der Waals surface area contributed by atoms with Gasteiger partial charge in [-0.25, -0.2) is 4.79 Å². The number of unbranched alkanes of at least 4 members (excludes halogenated alkanes) is 26. The monoisotopic (exact) mass is 1000 g/mol. The molecule has 12 heteroatoms. The average molecular weight is 1000 g/mol. The lowest BCUT2D eigenvalue weighted by Crippen LogP contribution is -2.61. The van der Waals surface area contributed by atoms with E-state index >= 15 is 0 Å². The Bertz CT molecular complexity index is 1420. The molecule has 1 saturated heterocycles. The Morgan fingerprint density at radius 3 is 1.35 bits per heavy atom. The van der Waals surface area contributed by atoms with Gasteiger partial charge in [0.2, 0.25) is 0 Å². The number of aliphatic hydroxyl groups excluding tert-OH is 2. The summed E-state index contributed by atoms with van der Waals surface area (Å²) >= 11 is 0. The van der Waals surface area contributed by atoms with Gasteiger partial charge in [-0.05, 0) is 57.8 Å². The van der Waals surface area contributed by atoms with Crippen LogP contribution in [0.2, 0.25) is 0 Å². The lowest BCUT2D eigenvalue weighted by atomic mass is 9.98. The lowest BCUT2D eigenvalue weighted by Gasteiger charge is -2.40. The maximum Gasteiger partial charge on any atom is 0.335 e. The Kier molecular flexibility index (Phi) is 44.1. The quantitative estimate of drug-likeness (QED) is 0.0228. The molecular formula is C59H102O12. The first-order valence-corrected chi connectivity index (χ1v) is 28.6. The van der Waals surface area contributed by atoms with Crippen LogP contribution in [0.5, 0.6) is 0 Å². The van der Waals surface area contributed by atoms with Crippen molar-refractivity contribution in [3.8, 4) is 0 Å². The summed E-state index contributed by atoms with van der Waals surface area (Å²) in [5.74, 6) is -3.15. The topological polar surface area (TPSA) is 175 Å². The van der Waals surface area contributed by atoms with Gasteiger partial charge in [0.1, 0.15) is 18.8 Å². The first-order chi connectivity index (χ1) is 34.6. The number of aliphatic hydroxyl groups is 2. The van der Waals surface area contributed by atoms with E-state index < -0.39 is 67.3 Å². The Morgan fingerprint density at radius 1 is 0.479 bits per heavy atom. The van der Waals surface area contributed by atoms with Gasteiger partial charge in [-0.1, -0.05) is 223 Å². The molecule has 0 aromatic carbocycles. The molecule has 0 spiro atoms. The zero-order valence-electron chi connectivity index (χ0n) is 45.0. The number of carbonyl (C=O) groups excluding carboxylic acids is 3. The molecule has 1 aliphatic heterocycles. The summed E-state index contributed by atoms with van der Waals surface area (Å²) in [6, 6.07) is 0. The van der Waals surface area contributed by atoms with Crippen molar-refractivity contribution in [3.63, 3.8) is 0 Å². The molecular weight excluding hydrogens is 901 g/mol. The fraction of sp³-hybridized carbons (Fsp3) is 0.797. The van der Waals surface area contributed by atoms with Crippen LogP contribution in [0.4, 0.5) is 0 Å². The number of carbonyl (C=O) groups is 4. The molecule has 410 valence electrons. The van der Waals surface area contributed by atoms with Crippen molar-refractivity contribution >= 4 is 23.9 Å². The zero-order valence-corrected chi connectivity index (χ0v) is 45.0. The van der Waals surface area contributed by atoms with Crippen LogP contribution in [0.3, 0.4) is 0 Å². The summed E-state index contributed by atoms with van der Waals surface area (Å²) < 4.78 is 28.3. The summed E-state index contributed by atoms with van der Waals surface area (Å²) in [5, 5.41) is 31.4. The number of carboxylic acids is 1. The molecule has 12 nitrogen and oxygen atoms in total. The van der Waals surface area contributed by atoms with Gasteiger partial charge in [0.15, 0.2) is 24.6 Å². The van der Waals surface area contributed by atoms with E-state index in [0.717, 1.165) is 70.6 Å². The number of allylic oxidation sites excluding steroid dienone is 8. The highest BCUT2D eigenvalue weighted by atomic mass is 16.7. The number of carboxylic acid groups (broad SMARTS) is 1. The molecule has 6 atom stereocenters. The minimum atomic E-state index is -1.91. The summed E-state index contributed by atoms with van der Waals surface area (Å²) in [5.41, 5.74) is 0. The molecule has 0 bridgehead atoms. The molecule has 0 aromatic heterocycles. The summed E-state index contributed by atoms with van der Waals surface area (Å²) in [6.45, 7) is 5.86. The Labute approximate surface area is 431 Å². The predicted molar refractivity (Wildman–Crippen MR) is 285 cm³/mol. The van der Waals surface area contributed by atoms with Gasteiger partial charge < -0.3 is 39.0 Å². The molecule has 0 aromatic rings. The van der Waals surface area contributed by atoms with Gasteiger partial charge in [-0.15, -0.1) is 0 Å². The van der Waals surface area contributed by atoms with Crippen molar-refractivity contribution < 1.29 is 58.2 Å². The summed E-state index contributed by atoms with van der Waals surface area (Å²) in [4.78, 5) is 51.0. The van der Waals surface area contributed by atoms with Crippen LogP contribution in [0, 0.1) is 0 Å². The molecule has 0 radical (unpaired) electrons. The molecule has 1 rings (SSSR count). The van der Waals surface area contributed by atoms with Crippen molar-refractivity contribution in [2.45, 2.75) is 289 Å². The van der Waals surface area contributed by atoms with Crippen LogP contribution in [-0.2, 0) is 42.9 Å². The largest absolute Gasteiger partial charge is 0.479 e. The fourth-order valence-corrected chi connectivity index (χ4v) is 8.54. The van der Waals surface area contributed by atoms with Crippen molar-refractivity contribution in [1.82, 2.24) is 0 Å². The van der Waals surface area contributed by atoms with Gasteiger partial charge in [-0.3, -0.25) is 14.4 Å². The van der Waals surface area contributed by atoms with E-state index in [0.29, 0.717) is 25.7 Å².